The Labute approximate surface area is 181 Å². The lowest BCUT2D eigenvalue weighted by atomic mass is 10.1. The first-order valence-electron chi connectivity index (χ1n) is 10.0. The third kappa shape index (κ3) is 6.94. The van der Waals surface area contributed by atoms with Crippen molar-refractivity contribution in [1.29, 1.82) is 0 Å². The first-order chi connectivity index (χ1) is 14.6. The number of carboxylic acids is 1. The second-order valence-corrected chi connectivity index (χ2v) is 7.93. The van der Waals surface area contributed by atoms with Crippen LogP contribution in [0.4, 0.5) is 0 Å². The Morgan fingerprint density at radius 2 is 1.53 bits per heavy atom. The predicted octanol–water partition coefficient (Wildman–Crippen LogP) is 5.49. The van der Waals surface area contributed by atoms with Gasteiger partial charge in [0.05, 0.1) is 6.61 Å². The number of hydrogen-bond donors (Lipinski definition) is 1. The van der Waals surface area contributed by atoms with E-state index < -0.39 is 12.1 Å². The van der Waals surface area contributed by atoms with Crippen molar-refractivity contribution in [2.75, 3.05) is 13.2 Å². The van der Waals surface area contributed by atoms with Crippen molar-refractivity contribution in [3.05, 3.63) is 90.0 Å². The summed E-state index contributed by atoms with van der Waals surface area (Å²) in [5.41, 5.74) is 2.14. The summed E-state index contributed by atoms with van der Waals surface area (Å²) in [6, 6.07) is 26.4. The quantitative estimate of drug-likeness (QED) is 0.443. The molecule has 0 aliphatic carbocycles. The molecule has 0 aliphatic rings. The lowest BCUT2D eigenvalue weighted by Gasteiger charge is -2.13. The minimum Gasteiger partial charge on any atom is -0.493 e. The van der Waals surface area contributed by atoms with Crippen LogP contribution in [-0.4, -0.2) is 30.4 Å². The van der Waals surface area contributed by atoms with Gasteiger partial charge < -0.3 is 14.6 Å². The maximum atomic E-state index is 11.2. The number of ether oxygens (including phenoxy) is 2. The molecule has 0 spiro atoms. The molecule has 1 N–H and O–H groups in total. The molecule has 0 saturated carbocycles. The molecule has 4 nitrogen and oxygen atoms in total. The zero-order valence-electron chi connectivity index (χ0n) is 17.0. The highest BCUT2D eigenvalue weighted by Gasteiger charge is 2.17. The molecule has 3 aromatic carbocycles. The Morgan fingerprint density at radius 3 is 2.17 bits per heavy atom. The van der Waals surface area contributed by atoms with Crippen LogP contribution in [0, 0.1) is 0 Å². The van der Waals surface area contributed by atoms with E-state index in [2.05, 4.69) is 36.4 Å². The molecule has 0 amide bonds. The van der Waals surface area contributed by atoms with Gasteiger partial charge in [-0.05, 0) is 54.4 Å². The SMILES string of the molecule is CCOC(Cc1ccc(OCCc2ccc(Sc3ccccc3)cc2)cc1)C(=O)O. The maximum Gasteiger partial charge on any atom is 0.333 e. The van der Waals surface area contributed by atoms with E-state index in [0.717, 1.165) is 17.7 Å². The number of rotatable bonds is 11. The van der Waals surface area contributed by atoms with Crippen molar-refractivity contribution in [1.82, 2.24) is 0 Å². The Balaban J connectivity index is 1.45. The first kappa shape index (κ1) is 21.9. The van der Waals surface area contributed by atoms with Crippen LogP contribution in [0.2, 0.25) is 0 Å². The van der Waals surface area contributed by atoms with E-state index in [9.17, 15) is 9.90 Å². The highest BCUT2D eigenvalue weighted by molar-refractivity contribution is 7.99. The van der Waals surface area contributed by atoms with Crippen LogP contribution in [0.1, 0.15) is 18.1 Å². The van der Waals surface area contributed by atoms with Gasteiger partial charge in [0.2, 0.25) is 0 Å². The van der Waals surface area contributed by atoms with Gasteiger partial charge in [-0.1, -0.05) is 54.2 Å². The fraction of sp³-hybridized carbons (Fsp3) is 0.240. The molecule has 0 saturated heterocycles. The molecule has 0 aliphatic heterocycles. The van der Waals surface area contributed by atoms with Crippen LogP contribution in [-0.2, 0) is 22.4 Å². The van der Waals surface area contributed by atoms with E-state index in [4.69, 9.17) is 9.47 Å². The number of aliphatic carboxylic acids is 1. The smallest absolute Gasteiger partial charge is 0.333 e. The number of carboxylic acid groups (broad SMARTS) is 1. The predicted molar refractivity (Wildman–Crippen MR) is 119 cm³/mol. The normalized spacial score (nSPS) is 11.8. The fourth-order valence-corrected chi connectivity index (χ4v) is 3.83. The van der Waals surface area contributed by atoms with Crippen LogP contribution >= 0.6 is 11.8 Å². The number of hydrogen-bond acceptors (Lipinski definition) is 4. The molecule has 156 valence electrons. The molecule has 0 fully saturated rings. The molecule has 3 rings (SSSR count). The van der Waals surface area contributed by atoms with Crippen LogP contribution in [0.5, 0.6) is 5.75 Å². The molecule has 1 atom stereocenters. The van der Waals surface area contributed by atoms with Crippen molar-refractivity contribution < 1.29 is 19.4 Å². The molecule has 0 radical (unpaired) electrons. The van der Waals surface area contributed by atoms with Gasteiger partial charge in [-0.2, -0.15) is 0 Å². The summed E-state index contributed by atoms with van der Waals surface area (Å²) in [4.78, 5) is 13.6. The zero-order valence-corrected chi connectivity index (χ0v) is 17.8. The van der Waals surface area contributed by atoms with Crippen molar-refractivity contribution >= 4 is 17.7 Å². The van der Waals surface area contributed by atoms with Gasteiger partial charge in [0.1, 0.15) is 5.75 Å². The van der Waals surface area contributed by atoms with Gasteiger partial charge in [-0.25, -0.2) is 4.79 Å². The summed E-state index contributed by atoms with van der Waals surface area (Å²) in [6.45, 7) is 2.76. The standard InChI is InChI=1S/C25H26O4S/c1-2-28-24(25(26)27)18-20-8-12-21(13-9-20)29-17-16-19-10-14-23(15-11-19)30-22-6-4-3-5-7-22/h3-15,24H,2,16-18H2,1H3,(H,26,27). The van der Waals surface area contributed by atoms with E-state index in [1.165, 1.54) is 15.4 Å². The van der Waals surface area contributed by atoms with Gasteiger partial charge in [0.25, 0.3) is 0 Å². The topological polar surface area (TPSA) is 55.8 Å². The van der Waals surface area contributed by atoms with Crippen LogP contribution in [0.3, 0.4) is 0 Å². The zero-order chi connectivity index (χ0) is 21.2. The van der Waals surface area contributed by atoms with Gasteiger partial charge in [-0.3, -0.25) is 0 Å². The third-order valence-electron chi connectivity index (χ3n) is 4.55. The van der Waals surface area contributed by atoms with Gasteiger partial charge in [0, 0.05) is 29.2 Å². The summed E-state index contributed by atoms with van der Waals surface area (Å²) in [5, 5.41) is 9.18. The molecule has 1 unspecified atom stereocenters. The van der Waals surface area contributed by atoms with Gasteiger partial charge in [-0.15, -0.1) is 0 Å². The van der Waals surface area contributed by atoms with Crippen molar-refractivity contribution in [2.45, 2.75) is 35.7 Å². The molecule has 0 heterocycles. The molecular formula is C25H26O4S. The van der Waals surface area contributed by atoms with Gasteiger partial charge >= 0.3 is 5.97 Å². The van der Waals surface area contributed by atoms with E-state index >= 15 is 0 Å². The largest absolute Gasteiger partial charge is 0.493 e. The van der Waals surface area contributed by atoms with Crippen molar-refractivity contribution in [3.63, 3.8) is 0 Å². The van der Waals surface area contributed by atoms with E-state index in [1.54, 1.807) is 18.7 Å². The Bertz CT molecular complexity index is 908. The minimum atomic E-state index is -0.939. The van der Waals surface area contributed by atoms with E-state index in [0.29, 0.717) is 19.6 Å². The highest BCUT2D eigenvalue weighted by Crippen LogP contribution is 2.27. The monoisotopic (exact) mass is 422 g/mol. The minimum absolute atomic E-state index is 0.344. The Hall–Kier alpha value is -2.76. The molecule has 0 aromatic heterocycles. The average Bonchev–Trinajstić information content (AvgIpc) is 2.76. The third-order valence-corrected chi connectivity index (χ3v) is 5.57. The molecule has 0 bridgehead atoms. The van der Waals surface area contributed by atoms with Crippen LogP contribution in [0.15, 0.2) is 88.7 Å². The van der Waals surface area contributed by atoms with E-state index in [1.807, 2.05) is 42.5 Å². The average molecular weight is 423 g/mol. The van der Waals surface area contributed by atoms with Gasteiger partial charge in [0.15, 0.2) is 6.10 Å². The van der Waals surface area contributed by atoms with Crippen LogP contribution < -0.4 is 4.74 Å². The van der Waals surface area contributed by atoms with Crippen molar-refractivity contribution in [2.24, 2.45) is 0 Å². The lowest BCUT2D eigenvalue weighted by Crippen LogP contribution is -2.26. The Kier molecular flexibility index (Phi) is 8.36. The lowest BCUT2D eigenvalue weighted by molar-refractivity contribution is -0.149. The molecule has 30 heavy (non-hydrogen) atoms. The second kappa shape index (κ2) is 11.4. The first-order valence-corrected chi connectivity index (χ1v) is 10.8. The van der Waals surface area contributed by atoms with E-state index in [-0.39, 0.29) is 0 Å². The second-order valence-electron chi connectivity index (χ2n) is 6.79. The summed E-state index contributed by atoms with van der Waals surface area (Å²) in [6.07, 6.45) is 0.352. The van der Waals surface area contributed by atoms with Crippen LogP contribution in [0.25, 0.3) is 0 Å². The highest BCUT2D eigenvalue weighted by atomic mass is 32.2. The molecular weight excluding hydrogens is 396 g/mol. The Morgan fingerprint density at radius 1 is 0.900 bits per heavy atom. The summed E-state index contributed by atoms with van der Waals surface area (Å²) in [7, 11) is 0. The van der Waals surface area contributed by atoms with Crippen molar-refractivity contribution in [3.8, 4) is 5.75 Å². The molecule has 5 heteroatoms. The molecule has 3 aromatic rings. The summed E-state index contributed by atoms with van der Waals surface area (Å²) in [5.74, 6) is -0.163. The number of carbonyl (C=O) groups is 1. The number of benzene rings is 3. The summed E-state index contributed by atoms with van der Waals surface area (Å²) < 4.78 is 11.1. The fourth-order valence-electron chi connectivity index (χ4n) is 2.99. The maximum absolute atomic E-state index is 11.2. The summed E-state index contributed by atoms with van der Waals surface area (Å²) >= 11 is 1.75.